The summed E-state index contributed by atoms with van der Waals surface area (Å²) in [6.45, 7) is 0.508. The molecular weight excluding hydrogens is 494 g/mol. The molecule has 1 saturated heterocycles. The lowest BCUT2D eigenvalue weighted by atomic mass is 9.87. The number of anilines is 2. The summed E-state index contributed by atoms with van der Waals surface area (Å²) in [6.07, 6.45) is 0.830. The maximum absolute atomic E-state index is 13.3. The minimum Gasteiger partial charge on any atom is -0.380 e. The van der Waals surface area contributed by atoms with Crippen LogP contribution in [0.15, 0.2) is 66.2 Å². The highest BCUT2D eigenvalue weighted by molar-refractivity contribution is 6.05. The predicted molar refractivity (Wildman–Crippen MR) is 126 cm³/mol. The van der Waals surface area contributed by atoms with E-state index in [1.165, 1.54) is 24.9 Å². The topological polar surface area (TPSA) is 106 Å². The van der Waals surface area contributed by atoms with Gasteiger partial charge in [0, 0.05) is 37.4 Å². The first-order valence-corrected chi connectivity index (χ1v) is 11.1. The first-order valence-electron chi connectivity index (χ1n) is 11.1. The van der Waals surface area contributed by atoms with Gasteiger partial charge in [-0.25, -0.2) is 19.4 Å². The van der Waals surface area contributed by atoms with Crippen molar-refractivity contribution in [1.82, 2.24) is 15.3 Å². The molecule has 37 heavy (non-hydrogen) atoms. The third kappa shape index (κ3) is 6.33. The largest absolute Gasteiger partial charge is 0.418 e. The Hall–Kier alpha value is -4.19. The van der Waals surface area contributed by atoms with Crippen molar-refractivity contribution in [3.8, 4) is 0 Å². The van der Waals surface area contributed by atoms with Gasteiger partial charge in [-0.05, 0) is 42.3 Å². The predicted octanol–water partition coefficient (Wildman–Crippen LogP) is 4.31. The molecule has 2 aromatic carbocycles. The second kappa shape index (κ2) is 10.8. The number of nitrogens with one attached hydrogen (secondary N) is 2. The van der Waals surface area contributed by atoms with Crippen LogP contribution in [0.1, 0.15) is 27.9 Å². The van der Waals surface area contributed by atoms with Gasteiger partial charge >= 0.3 is 6.18 Å². The zero-order valence-corrected chi connectivity index (χ0v) is 19.3. The molecule has 4 rings (SSSR count). The Morgan fingerprint density at radius 2 is 1.84 bits per heavy atom. The molecule has 192 valence electrons. The Morgan fingerprint density at radius 1 is 1.11 bits per heavy atom. The van der Waals surface area contributed by atoms with Crippen molar-refractivity contribution < 1.29 is 31.9 Å². The van der Waals surface area contributed by atoms with Gasteiger partial charge in [-0.2, -0.15) is 13.2 Å². The van der Waals surface area contributed by atoms with Crippen LogP contribution in [0.2, 0.25) is 0 Å². The van der Waals surface area contributed by atoms with Crippen molar-refractivity contribution in [1.29, 1.82) is 0 Å². The Bertz CT molecular complexity index is 1290. The molecule has 1 aliphatic heterocycles. The van der Waals surface area contributed by atoms with E-state index in [2.05, 4.69) is 25.6 Å². The van der Waals surface area contributed by atoms with Crippen molar-refractivity contribution in [3.63, 3.8) is 0 Å². The Balaban J connectivity index is 1.40. The number of rotatable bonds is 7. The zero-order chi connectivity index (χ0) is 26.5. The molecule has 1 aromatic heterocycles. The van der Waals surface area contributed by atoms with Crippen LogP contribution in [0.3, 0.4) is 0 Å². The lowest BCUT2D eigenvalue weighted by molar-refractivity contribution is -0.137. The molecule has 8 nitrogen and oxygen atoms in total. The fraction of sp³-hybridized carbons (Fsp3) is 0.240. The minimum absolute atomic E-state index is 0.0585. The molecule has 1 atom stereocenters. The fourth-order valence-corrected chi connectivity index (χ4v) is 3.67. The average molecular weight is 515 g/mol. The standard InChI is InChI=1S/C25H21F4N5O3/c26-18-3-6-21(20(9-18)25(27,28)29)34-19-4-1-16(2-5-19)10-32-23(36)24(7-8-37-14-24)13-33-22(35)17-11-30-15-31-12-17/h1-6,9,11-13,15,34H,7-8,10,14H2,(H,32,36)/t24-/m0/s1. The molecule has 0 saturated carbocycles. The molecule has 1 fully saturated rings. The van der Waals surface area contributed by atoms with Gasteiger partial charge in [0.15, 0.2) is 0 Å². The van der Waals surface area contributed by atoms with E-state index in [4.69, 9.17) is 4.74 Å². The molecule has 2 amide bonds. The van der Waals surface area contributed by atoms with Crippen LogP contribution in [0, 0.1) is 11.2 Å². The summed E-state index contributed by atoms with van der Waals surface area (Å²) in [7, 11) is 0. The third-order valence-corrected chi connectivity index (χ3v) is 5.71. The van der Waals surface area contributed by atoms with Crippen LogP contribution in [0.5, 0.6) is 0 Å². The van der Waals surface area contributed by atoms with Crippen LogP contribution in [0.4, 0.5) is 28.9 Å². The highest BCUT2D eigenvalue weighted by Crippen LogP contribution is 2.36. The quantitative estimate of drug-likeness (QED) is 0.359. The molecular formula is C25H21F4N5O3. The number of nitrogens with zero attached hydrogens (tertiary/aromatic N) is 3. The summed E-state index contributed by atoms with van der Waals surface area (Å²) in [5, 5.41) is 5.43. The normalized spacial score (nSPS) is 17.6. The summed E-state index contributed by atoms with van der Waals surface area (Å²) in [5.74, 6) is -1.95. The fourth-order valence-electron chi connectivity index (χ4n) is 3.67. The van der Waals surface area contributed by atoms with Crippen molar-refractivity contribution in [2.24, 2.45) is 10.4 Å². The number of carbonyl (C=O) groups excluding carboxylic acids is 2. The summed E-state index contributed by atoms with van der Waals surface area (Å²) >= 11 is 0. The van der Waals surface area contributed by atoms with Crippen molar-refractivity contribution >= 4 is 29.4 Å². The summed E-state index contributed by atoms with van der Waals surface area (Å²) in [6, 6.07) is 8.73. The van der Waals surface area contributed by atoms with Gasteiger partial charge < -0.3 is 15.4 Å². The van der Waals surface area contributed by atoms with E-state index >= 15 is 0 Å². The van der Waals surface area contributed by atoms with Gasteiger partial charge in [0.05, 0.1) is 23.4 Å². The maximum atomic E-state index is 13.3. The van der Waals surface area contributed by atoms with Crippen molar-refractivity contribution in [2.75, 3.05) is 18.5 Å². The SMILES string of the molecule is O=C(N=C[C@@]1(C(=O)NCc2ccc(Nc3ccc(F)cc3C(F)(F)F)cc2)CCOC1)c1cncnc1. The summed E-state index contributed by atoms with van der Waals surface area (Å²) < 4.78 is 58.4. The molecule has 12 heteroatoms. The summed E-state index contributed by atoms with van der Waals surface area (Å²) in [5.41, 5.74) is -1.31. The van der Waals surface area contributed by atoms with E-state index < -0.39 is 28.9 Å². The zero-order valence-electron chi connectivity index (χ0n) is 19.3. The van der Waals surface area contributed by atoms with E-state index in [9.17, 15) is 27.2 Å². The lowest BCUT2D eigenvalue weighted by Crippen LogP contribution is -2.42. The molecule has 0 spiro atoms. The van der Waals surface area contributed by atoms with E-state index in [1.807, 2.05) is 0 Å². The first-order chi connectivity index (χ1) is 17.7. The minimum atomic E-state index is -4.72. The van der Waals surface area contributed by atoms with Gasteiger partial charge in [-0.3, -0.25) is 9.59 Å². The lowest BCUT2D eigenvalue weighted by Gasteiger charge is -2.21. The van der Waals surface area contributed by atoms with E-state index in [0.29, 0.717) is 30.3 Å². The summed E-state index contributed by atoms with van der Waals surface area (Å²) in [4.78, 5) is 36.7. The number of ether oxygens (including phenoxy) is 1. The molecule has 2 heterocycles. The number of hydrogen-bond acceptors (Lipinski definition) is 6. The highest BCUT2D eigenvalue weighted by Gasteiger charge is 2.41. The van der Waals surface area contributed by atoms with Gasteiger partial charge in [0.2, 0.25) is 5.91 Å². The molecule has 3 aromatic rings. The molecule has 0 radical (unpaired) electrons. The molecule has 0 unspecified atom stereocenters. The molecule has 2 N–H and O–H groups in total. The van der Waals surface area contributed by atoms with Crippen LogP contribution in [-0.4, -0.2) is 41.2 Å². The number of carbonyl (C=O) groups is 2. The average Bonchev–Trinajstić information content (AvgIpc) is 3.38. The van der Waals surface area contributed by atoms with E-state index in [-0.39, 0.29) is 30.3 Å². The van der Waals surface area contributed by atoms with Gasteiger partial charge in [-0.15, -0.1) is 0 Å². The highest BCUT2D eigenvalue weighted by atomic mass is 19.4. The van der Waals surface area contributed by atoms with Crippen LogP contribution in [0.25, 0.3) is 0 Å². The van der Waals surface area contributed by atoms with Gasteiger partial charge in [0.1, 0.15) is 17.6 Å². The Kier molecular flexibility index (Phi) is 7.58. The van der Waals surface area contributed by atoms with Crippen LogP contribution < -0.4 is 10.6 Å². The first kappa shape index (κ1) is 25.9. The maximum Gasteiger partial charge on any atom is 0.418 e. The number of halogens is 4. The second-order valence-electron chi connectivity index (χ2n) is 8.34. The van der Waals surface area contributed by atoms with E-state index in [0.717, 1.165) is 12.1 Å². The van der Waals surface area contributed by atoms with Gasteiger partial charge in [0.25, 0.3) is 5.91 Å². The van der Waals surface area contributed by atoms with Crippen LogP contribution >= 0.6 is 0 Å². The number of benzene rings is 2. The van der Waals surface area contributed by atoms with E-state index in [1.54, 1.807) is 24.3 Å². The number of aliphatic imine (C=N–C) groups is 1. The molecule has 0 bridgehead atoms. The smallest absolute Gasteiger partial charge is 0.380 e. The molecule has 0 aliphatic carbocycles. The Labute approximate surface area is 208 Å². The number of aromatic nitrogens is 2. The second-order valence-corrected chi connectivity index (χ2v) is 8.34. The monoisotopic (exact) mass is 515 g/mol. The van der Waals surface area contributed by atoms with Crippen molar-refractivity contribution in [3.05, 3.63) is 83.7 Å². The van der Waals surface area contributed by atoms with Crippen LogP contribution in [-0.2, 0) is 22.3 Å². The molecule has 1 aliphatic rings. The number of alkyl halides is 3. The third-order valence-electron chi connectivity index (χ3n) is 5.71. The Morgan fingerprint density at radius 3 is 2.49 bits per heavy atom. The van der Waals surface area contributed by atoms with Gasteiger partial charge in [-0.1, -0.05) is 12.1 Å². The number of hydrogen-bond donors (Lipinski definition) is 2. The van der Waals surface area contributed by atoms with Crippen molar-refractivity contribution in [2.45, 2.75) is 19.1 Å². The number of amides is 2.